The van der Waals surface area contributed by atoms with Crippen molar-refractivity contribution in [3.8, 4) is 11.3 Å². The Hall–Kier alpha value is -3.17. The number of benzene rings is 1. The molecule has 0 spiro atoms. The SMILES string of the molecule is C/C=C(\C=C/COC)CCCC(=O)NC(CCc1ncc(-c2c(Cl)cccc2Cl)[nH]1)C1=CCC(OCCCC)C(C(=O)OC)=CC1.CC.CCCCC. The summed E-state index contributed by atoms with van der Waals surface area (Å²) in [5, 5.41) is 4.35. The first kappa shape index (κ1) is 47.9. The van der Waals surface area contributed by atoms with Gasteiger partial charge < -0.3 is 24.5 Å². The van der Waals surface area contributed by atoms with Crippen molar-refractivity contribution in [2.75, 3.05) is 27.4 Å². The third kappa shape index (κ3) is 18.1. The number of aromatic amines is 1. The van der Waals surface area contributed by atoms with E-state index in [0.717, 1.165) is 41.9 Å². The van der Waals surface area contributed by atoms with E-state index in [1.807, 2.05) is 39.0 Å². The van der Waals surface area contributed by atoms with Gasteiger partial charge in [0, 0.05) is 32.1 Å². The number of aryl methyl sites for hydroxylation is 1. The summed E-state index contributed by atoms with van der Waals surface area (Å²) in [6, 6.07) is 5.11. The number of nitrogens with one attached hydrogen (secondary N) is 2. The van der Waals surface area contributed by atoms with E-state index >= 15 is 0 Å². The number of methoxy groups -OCH3 is 2. The number of halogens is 2. The summed E-state index contributed by atoms with van der Waals surface area (Å²) in [6.45, 7) is 13.6. The van der Waals surface area contributed by atoms with Crippen molar-refractivity contribution in [3.63, 3.8) is 0 Å². The van der Waals surface area contributed by atoms with Gasteiger partial charge in [-0.2, -0.15) is 0 Å². The summed E-state index contributed by atoms with van der Waals surface area (Å²) in [7, 11) is 3.05. The van der Waals surface area contributed by atoms with Crippen LogP contribution in [0.3, 0.4) is 0 Å². The number of hydrogen-bond acceptors (Lipinski definition) is 6. The van der Waals surface area contributed by atoms with Crippen LogP contribution in [0, 0.1) is 0 Å². The van der Waals surface area contributed by atoms with E-state index in [9.17, 15) is 9.59 Å². The number of amides is 1. The zero-order chi connectivity index (χ0) is 39.4. The fraction of sp³-hybridized carbons (Fsp3) is 0.558. The quantitative estimate of drug-likeness (QED) is 0.0601. The van der Waals surface area contributed by atoms with Crippen LogP contribution in [-0.4, -0.2) is 61.4 Å². The van der Waals surface area contributed by atoms with Crippen molar-refractivity contribution in [1.82, 2.24) is 15.3 Å². The molecule has 1 aromatic heterocycles. The molecule has 1 amide bonds. The zero-order valence-corrected chi connectivity index (χ0v) is 35.0. The molecule has 0 radical (unpaired) electrons. The fourth-order valence-corrected chi connectivity index (χ4v) is 6.27. The van der Waals surface area contributed by atoms with Crippen molar-refractivity contribution < 1.29 is 23.8 Å². The number of ether oxygens (including phenoxy) is 3. The Labute approximate surface area is 329 Å². The Balaban J connectivity index is 0.00000184. The maximum Gasteiger partial charge on any atom is 0.336 e. The topological polar surface area (TPSA) is 103 Å². The number of rotatable bonds is 20. The van der Waals surface area contributed by atoms with Crippen LogP contribution < -0.4 is 5.32 Å². The molecule has 8 nitrogen and oxygen atoms in total. The minimum Gasteiger partial charge on any atom is -0.466 e. The Kier molecular flexibility index (Phi) is 26.4. The highest BCUT2D eigenvalue weighted by atomic mass is 35.5. The number of allylic oxidation sites excluding steroid dienone is 4. The lowest BCUT2D eigenvalue weighted by Gasteiger charge is -2.21. The lowest BCUT2D eigenvalue weighted by Crippen LogP contribution is -2.36. The Bertz CT molecular complexity index is 1440. The zero-order valence-electron chi connectivity index (χ0n) is 33.5. The van der Waals surface area contributed by atoms with Crippen LogP contribution in [0.4, 0.5) is 0 Å². The van der Waals surface area contributed by atoms with E-state index in [4.69, 9.17) is 37.4 Å². The Morgan fingerprint density at radius 1 is 1.02 bits per heavy atom. The molecule has 0 bridgehead atoms. The Morgan fingerprint density at radius 3 is 2.32 bits per heavy atom. The lowest BCUT2D eigenvalue weighted by molar-refractivity contribution is -0.137. The van der Waals surface area contributed by atoms with E-state index in [1.54, 1.807) is 31.5 Å². The second kappa shape index (κ2) is 29.2. The second-order valence-corrected chi connectivity index (χ2v) is 13.3. The lowest BCUT2D eigenvalue weighted by atomic mass is 9.97. The number of carbonyl (C=O) groups is 2. The summed E-state index contributed by atoms with van der Waals surface area (Å²) >= 11 is 12.8. The average molecular weight is 775 g/mol. The number of esters is 1. The molecule has 53 heavy (non-hydrogen) atoms. The maximum absolute atomic E-state index is 13.3. The van der Waals surface area contributed by atoms with Crippen LogP contribution in [0.1, 0.15) is 118 Å². The predicted octanol–water partition coefficient (Wildman–Crippen LogP) is 11.3. The molecule has 2 atom stereocenters. The van der Waals surface area contributed by atoms with Gasteiger partial charge in [-0.15, -0.1) is 0 Å². The molecule has 1 aliphatic carbocycles. The number of nitrogens with zero attached hydrogens (tertiary/aromatic N) is 1. The standard InChI is InChI=1S/C36H47Cl2N3O5.C5H12.C2H6/c1-5-7-23-46-32-20-17-26(16-18-27(32)36(43)45-4)30(41-34(42)15-8-11-25(6-2)12-10-22-44-3)19-21-33-39-24-31(40-33)35-28(37)13-9-14-29(35)38;1-3-5-4-2;1-2/h6,9-10,12-14,17-18,24,30,32H,5,7-8,11,15-16,19-23H2,1-4H3,(H,39,40)(H,41,42);3-5H2,1-2H3;1-2H3/b12-10-,25-6-;;. The van der Waals surface area contributed by atoms with Crippen LogP contribution in [0.2, 0.25) is 10.0 Å². The normalized spacial score (nSPS) is 14.9. The Morgan fingerprint density at radius 2 is 1.72 bits per heavy atom. The average Bonchev–Trinajstić information content (AvgIpc) is 3.52. The molecule has 1 aliphatic rings. The first-order valence-corrected chi connectivity index (χ1v) is 20.1. The molecule has 296 valence electrons. The molecule has 2 unspecified atom stereocenters. The number of carbonyl (C=O) groups excluding carboxylic acids is 2. The molecule has 1 aromatic carbocycles. The number of hydrogen-bond donors (Lipinski definition) is 2. The van der Waals surface area contributed by atoms with Gasteiger partial charge in [0.1, 0.15) is 5.82 Å². The van der Waals surface area contributed by atoms with E-state index in [1.165, 1.54) is 26.4 Å². The summed E-state index contributed by atoms with van der Waals surface area (Å²) in [6.07, 6.45) is 21.4. The van der Waals surface area contributed by atoms with Crippen molar-refractivity contribution in [2.45, 2.75) is 131 Å². The third-order valence-electron chi connectivity index (χ3n) is 8.59. The van der Waals surface area contributed by atoms with Gasteiger partial charge >= 0.3 is 5.97 Å². The van der Waals surface area contributed by atoms with Gasteiger partial charge in [0.25, 0.3) is 0 Å². The number of imidazole rings is 1. The predicted molar refractivity (Wildman–Crippen MR) is 222 cm³/mol. The minimum atomic E-state index is -0.397. The summed E-state index contributed by atoms with van der Waals surface area (Å²) in [5.74, 6) is 0.339. The smallest absolute Gasteiger partial charge is 0.336 e. The highest BCUT2D eigenvalue weighted by Crippen LogP contribution is 2.33. The molecule has 0 saturated carbocycles. The van der Waals surface area contributed by atoms with Gasteiger partial charge in [-0.25, -0.2) is 9.78 Å². The monoisotopic (exact) mass is 773 g/mol. The van der Waals surface area contributed by atoms with Gasteiger partial charge in [0.15, 0.2) is 0 Å². The fourth-order valence-electron chi connectivity index (χ4n) is 5.67. The molecule has 2 aromatic rings. The number of H-pyrrole nitrogens is 1. The molecule has 0 aliphatic heterocycles. The third-order valence-corrected chi connectivity index (χ3v) is 9.22. The molecular formula is C43H65Cl2N3O5. The first-order chi connectivity index (χ1) is 25.7. The highest BCUT2D eigenvalue weighted by Gasteiger charge is 2.26. The van der Waals surface area contributed by atoms with Gasteiger partial charge in [0.05, 0.1) is 53.4 Å². The van der Waals surface area contributed by atoms with Crippen molar-refractivity contribution >= 4 is 35.1 Å². The van der Waals surface area contributed by atoms with Gasteiger partial charge in [-0.05, 0) is 63.2 Å². The molecule has 0 fully saturated rings. The van der Waals surface area contributed by atoms with Crippen molar-refractivity contribution in [3.05, 3.63) is 87.4 Å². The van der Waals surface area contributed by atoms with E-state index in [-0.39, 0.29) is 11.9 Å². The van der Waals surface area contributed by atoms with Gasteiger partial charge in [0.2, 0.25) is 5.91 Å². The first-order valence-electron chi connectivity index (χ1n) is 19.4. The van der Waals surface area contributed by atoms with Gasteiger partial charge in [-0.3, -0.25) is 4.79 Å². The molecule has 10 heteroatoms. The minimum absolute atomic E-state index is 0.0256. The van der Waals surface area contributed by atoms with Gasteiger partial charge in [-0.1, -0.05) is 126 Å². The van der Waals surface area contributed by atoms with E-state index in [0.29, 0.717) is 72.9 Å². The highest BCUT2D eigenvalue weighted by molar-refractivity contribution is 6.39. The number of aromatic nitrogens is 2. The van der Waals surface area contributed by atoms with Crippen LogP contribution in [0.5, 0.6) is 0 Å². The largest absolute Gasteiger partial charge is 0.466 e. The second-order valence-electron chi connectivity index (χ2n) is 12.5. The molecule has 0 saturated heterocycles. The molecular weight excluding hydrogens is 709 g/mol. The van der Waals surface area contributed by atoms with Crippen LogP contribution in [0.15, 0.2) is 71.5 Å². The van der Waals surface area contributed by atoms with E-state index in [2.05, 4.69) is 48.2 Å². The maximum atomic E-state index is 13.3. The molecule has 1 heterocycles. The molecule has 3 rings (SSSR count). The summed E-state index contributed by atoms with van der Waals surface area (Å²) in [4.78, 5) is 33.9. The van der Waals surface area contributed by atoms with Crippen LogP contribution in [-0.2, 0) is 30.2 Å². The number of unbranched alkanes of at least 4 members (excludes halogenated alkanes) is 3. The molecule has 2 N–H and O–H groups in total. The van der Waals surface area contributed by atoms with Crippen molar-refractivity contribution in [1.29, 1.82) is 0 Å². The summed E-state index contributed by atoms with van der Waals surface area (Å²) in [5.41, 5.74) is 4.14. The summed E-state index contributed by atoms with van der Waals surface area (Å²) < 4.78 is 16.3. The van der Waals surface area contributed by atoms with Crippen LogP contribution >= 0.6 is 23.2 Å². The van der Waals surface area contributed by atoms with E-state index < -0.39 is 12.1 Å². The van der Waals surface area contributed by atoms with Crippen molar-refractivity contribution in [2.24, 2.45) is 0 Å². The van der Waals surface area contributed by atoms with Crippen LogP contribution in [0.25, 0.3) is 11.3 Å².